The Kier molecular flexibility index (Phi) is 4.29. The van der Waals surface area contributed by atoms with Crippen molar-refractivity contribution < 1.29 is 9.84 Å². The lowest BCUT2D eigenvalue weighted by Gasteiger charge is -2.38. The predicted octanol–water partition coefficient (Wildman–Crippen LogP) is 2.30. The van der Waals surface area contributed by atoms with Crippen molar-refractivity contribution >= 4 is 11.0 Å². The van der Waals surface area contributed by atoms with Gasteiger partial charge in [-0.25, -0.2) is 4.79 Å². The number of benzene rings is 2. The van der Waals surface area contributed by atoms with Gasteiger partial charge in [0, 0.05) is 40.2 Å². The summed E-state index contributed by atoms with van der Waals surface area (Å²) in [4.78, 5) is 14.5. The molecule has 0 amide bonds. The molecule has 0 atom stereocenters. The van der Waals surface area contributed by atoms with Gasteiger partial charge in [0.25, 0.3) is 0 Å². The van der Waals surface area contributed by atoms with Crippen LogP contribution in [-0.4, -0.2) is 38.8 Å². The van der Waals surface area contributed by atoms with Crippen molar-refractivity contribution in [3.05, 3.63) is 63.6 Å². The monoisotopic (exact) mass is 393 g/mol. The highest BCUT2D eigenvalue weighted by Crippen LogP contribution is 2.36. The third-order valence-electron chi connectivity index (χ3n) is 6.65. The molecular formula is C23H27N3O3. The standard InChI is InChI=1S/C23H27N3O3/c1-24-19-5-3-16(13-20(19)25(2)22(24)27)15-26-10-8-23(28,9-11-26)18-4-6-21-17(14-18)7-12-29-21/h3-6,13-14,28H,7-12,15H2,1-2H3. The maximum Gasteiger partial charge on any atom is 0.328 e. The van der Waals surface area contributed by atoms with Crippen LogP contribution in [0.15, 0.2) is 41.2 Å². The fourth-order valence-electron chi connectivity index (χ4n) is 4.75. The first-order valence-electron chi connectivity index (χ1n) is 10.3. The van der Waals surface area contributed by atoms with Crippen molar-refractivity contribution in [3.8, 4) is 5.75 Å². The quantitative estimate of drug-likeness (QED) is 0.742. The lowest BCUT2D eigenvalue weighted by molar-refractivity contribution is -0.0277. The molecule has 29 heavy (non-hydrogen) atoms. The minimum absolute atomic E-state index is 0.0000620. The van der Waals surface area contributed by atoms with E-state index in [1.807, 2.05) is 25.2 Å². The maximum atomic E-state index is 12.1. The Morgan fingerprint density at radius 3 is 2.59 bits per heavy atom. The number of piperidine rings is 1. The SMILES string of the molecule is Cn1c(=O)n(C)c2cc(CN3CCC(O)(c4ccc5c(c4)CCO5)CC3)ccc21. The van der Waals surface area contributed by atoms with E-state index in [4.69, 9.17) is 4.74 Å². The molecule has 3 heterocycles. The minimum atomic E-state index is -0.762. The van der Waals surface area contributed by atoms with Crippen molar-refractivity contribution in [2.75, 3.05) is 19.7 Å². The van der Waals surface area contributed by atoms with E-state index in [0.717, 1.165) is 67.8 Å². The first-order chi connectivity index (χ1) is 13.9. The Morgan fingerprint density at radius 1 is 1.03 bits per heavy atom. The van der Waals surface area contributed by atoms with Crippen LogP contribution in [0, 0.1) is 0 Å². The zero-order valence-corrected chi connectivity index (χ0v) is 17.0. The van der Waals surface area contributed by atoms with Crippen LogP contribution in [0.5, 0.6) is 5.75 Å². The van der Waals surface area contributed by atoms with Gasteiger partial charge < -0.3 is 9.84 Å². The molecular weight excluding hydrogens is 366 g/mol. The number of aliphatic hydroxyl groups is 1. The Morgan fingerprint density at radius 2 is 1.79 bits per heavy atom. The first-order valence-corrected chi connectivity index (χ1v) is 10.3. The van der Waals surface area contributed by atoms with Crippen molar-refractivity contribution in [1.82, 2.24) is 14.0 Å². The summed E-state index contributed by atoms with van der Waals surface area (Å²) in [5.41, 5.74) is 4.57. The van der Waals surface area contributed by atoms with Gasteiger partial charge in [-0.15, -0.1) is 0 Å². The van der Waals surface area contributed by atoms with Crippen LogP contribution < -0.4 is 10.4 Å². The third kappa shape index (κ3) is 3.07. The molecule has 2 aliphatic heterocycles. The van der Waals surface area contributed by atoms with E-state index >= 15 is 0 Å². The number of aromatic nitrogens is 2. The number of rotatable bonds is 3. The average Bonchev–Trinajstić information content (AvgIpc) is 3.29. The van der Waals surface area contributed by atoms with Crippen LogP contribution in [0.25, 0.3) is 11.0 Å². The van der Waals surface area contributed by atoms with Crippen molar-refractivity contribution in [2.45, 2.75) is 31.4 Å². The summed E-state index contributed by atoms with van der Waals surface area (Å²) >= 11 is 0. The number of imidazole rings is 1. The molecule has 2 aliphatic rings. The van der Waals surface area contributed by atoms with Gasteiger partial charge in [-0.1, -0.05) is 12.1 Å². The Hall–Kier alpha value is -2.57. The number of ether oxygens (including phenoxy) is 1. The van der Waals surface area contributed by atoms with Gasteiger partial charge in [-0.05, 0) is 53.8 Å². The molecule has 5 rings (SSSR count). The largest absolute Gasteiger partial charge is 0.493 e. The van der Waals surface area contributed by atoms with E-state index in [-0.39, 0.29) is 5.69 Å². The van der Waals surface area contributed by atoms with Crippen LogP contribution in [0.4, 0.5) is 0 Å². The fraction of sp³-hybridized carbons (Fsp3) is 0.435. The molecule has 3 aromatic rings. The second-order valence-electron chi connectivity index (χ2n) is 8.45. The highest BCUT2D eigenvalue weighted by atomic mass is 16.5. The molecule has 1 N–H and O–H groups in total. The minimum Gasteiger partial charge on any atom is -0.493 e. The number of aryl methyl sites for hydroxylation is 2. The molecule has 1 fully saturated rings. The number of hydrogen-bond acceptors (Lipinski definition) is 4. The molecule has 6 heteroatoms. The summed E-state index contributed by atoms with van der Waals surface area (Å²) in [6.45, 7) is 3.25. The lowest BCUT2D eigenvalue weighted by Crippen LogP contribution is -2.42. The summed E-state index contributed by atoms with van der Waals surface area (Å²) in [7, 11) is 3.62. The van der Waals surface area contributed by atoms with E-state index in [1.54, 1.807) is 16.2 Å². The van der Waals surface area contributed by atoms with Crippen LogP contribution in [0.1, 0.15) is 29.5 Å². The molecule has 2 aromatic carbocycles. The van der Waals surface area contributed by atoms with E-state index in [2.05, 4.69) is 23.1 Å². The van der Waals surface area contributed by atoms with E-state index in [0.29, 0.717) is 0 Å². The molecule has 0 radical (unpaired) electrons. The van der Waals surface area contributed by atoms with Crippen molar-refractivity contribution in [3.63, 3.8) is 0 Å². The van der Waals surface area contributed by atoms with E-state index in [1.165, 1.54) is 11.1 Å². The molecule has 0 unspecified atom stereocenters. The molecule has 152 valence electrons. The Balaban J connectivity index is 1.30. The van der Waals surface area contributed by atoms with Crippen LogP contribution in [0.3, 0.4) is 0 Å². The molecule has 1 aromatic heterocycles. The highest BCUT2D eigenvalue weighted by molar-refractivity contribution is 5.76. The van der Waals surface area contributed by atoms with Gasteiger partial charge in [-0.3, -0.25) is 14.0 Å². The smallest absolute Gasteiger partial charge is 0.328 e. The van der Waals surface area contributed by atoms with Gasteiger partial charge in [0.05, 0.1) is 23.2 Å². The maximum absolute atomic E-state index is 12.1. The molecule has 6 nitrogen and oxygen atoms in total. The summed E-state index contributed by atoms with van der Waals surface area (Å²) in [6, 6.07) is 12.4. The molecule has 0 saturated carbocycles. The Bertz CT molecular complexity index is 1140. The van der Waals surface area contributed by atoms with Crippen LogP contribution in [0.2, 0.25) is 0 Å². The van der Waals surface area contributed by atoms with Gasteiger partial charge in [0.15, 0.2) is 0 Å². The van der Waals surface area contributed by atoms with Gasteiger partial charge in [0.1, 0.15) is 5.75 Å². The van der Waals surface area contributed by atoms with Crippen molar-refractivity contribution in [2.24, 2.45) is 14.1 Å². The number of nitrogens with zero attached hydrogens (tertiary/aromatic N) is 3. The highest BCUT2D eigenvalue weighted by Gasteiger charge is 2.34. The third-order valence-corrected chi connectivity index (χ3v) is 6.65. The number of hydrogen-bond donors (Lipinski definition) is 1. The number of likely N-dealkylation sites (tertiary alicyclic amines) is 1. The van der Waals surface area contributed by atoms with E-state index < -0.39 is 5.60 Å². The Labute approximate surface area is 169 Å². The van der Waals surface area contributed by atoms with E-state index in [9.17, 15) is 9.90 Å². The number of fused-ring (bicyclic) bond motifs is 2. The average molecular weight is 393 g/mol. The predicted molar refractivity (Wildman–Crippen MR) is 112 cm³/mol. The van der Waals surface area contributed by atoms with Gasteiger partial charge in [0.2, 0.25) is 0 Å². The second kappa shape index (κ2) is 6.75. The molecule has 1 saturated heterocycles. The summed E-state index contributed by atoms with van der Waals surface area (Å²) in [5.74, 6) is 0.959. The second-order valence-corrected chi connectivity index (χ2v) is 8.45. The van der Waals surface area contributed by atoms with Crippen LogP contribution in [-0.2, 0) is 32.7 Å². The first kappa shape index (κ1) is 18.5. The zero-order valence-electron chi connectivity index (χ0n) is 17.0. The lowest BCUT2D eigenvalue weighted by atomic mass is 9.83. The molecule has 0 bridgehead atoms. The normalized spacial score (nSPS) is 18.7. The summed E-state index contributed by atoms with van der Waals surface area (Å²) in [6.07, 6.45) is 2.37. The summed E-state index contributed by atoms with van der Waals surface area (Å²) < 4.78 is 8.97. The fourth-order valence-corrected chi connectivity index (χ4v) is 4.75. The van der Waals surface area contributed by atoms with Gasteiger partial charge in [-0.2, -0.15) is 0 Å². The van der Waals surface area contributed by atoms with Crippen LogP contribution >= 0.6 is 0 Å². The van der Waals surface area contributed by atoms with Gasteiger partial charge >= 0.3 is 5.69 Å². The molecule has 0 aliphatic carbocycles. The summed E-state index contributed by atoms with van der Waals surface area (Å²) in [5, 5.41) is 11.3. The molecule has 0 spiro atoms. The topological polar surface area (TPSA) is 59.6 Å². The zero-order chi connectivity index (χ0) is 20.2. The van der Waals surface area contributed by atoms with Crippen molar-refractivity contribution in [1.29, 1.82) is 0 Å².